The van der Waals surface area contributed by atoms with Crippen molar-refractivity contribution in [3.63, 3.8) is 0 Å². The first-order valence-corrected chi connectivity index (χ1v) is 8.08. The van der Waals surface area contributed by atoms with Gasteiger partial charge in [-0.2, -0.15) is 0 Å². The number of aliphatic hydroxyl groups is 1. The number of nitrogens with one attached hydrogen (secondary N) is 1. The van der Waals surface area contributed by atoms with Gasteiger partial charge in [0.05, 0.1) is 18.5 Å². The molecule has 2 aromatic heterocycles. The molecule has 3 heterocycles. The fraction of sp³-hybridized carbons (Fsp3) is 0.333. The molecular weight excluding hydrogens is 288 g/mol. The van der Waals surface area contributed by atoms with E-state index in [1.807, 2.05) is 18.5 Å². The van der Waals surface area contributed by atoms with Gasteiger partial charge in [0.1, 0.15) is 5.52 Å². The molecule has 0 amide bonds. The van der Waals surface area contributed by atoms with E-state index in [0.717, 1.165) is 41.9 Å². The Morgan fingerprint density at radius 2 is 2.26 bits per heavy atom. The molecule has 1 fully saturated rings. The van der Waals surface area contributed by atoms with Gasteiger partial charge in [0, 0.05) is 24.3 Å². The first kappa shape index (κ1) is 14.4. The first-order valence-electron chi connectivity index (χ1n) is 8.08. The molecule has 118 valence electrons. The number of hydrogen-bond donors (Lipinski definition) is 2. The van der Waals surface area contributed by atoms with E-state index in [4.69, 9.17) is 0 Å². The van der Waals surface area contributed by atoms with Crippen LogP contribution >= 0.6 is 0 Å². The second-order valence-corrected chi connectivity index (χ2v) is 6.12. The Balaban J connectivity index is 1.60. The summed E-state index contributed by atoms with van der Waals surface area (Å²) < 4.78 is 0. The lowest BCUT2D eigenvalue weighted by Crippen LogP contribution is -2.31. The third kappa shape index (κ3) is 2.85. The van der Waals surface area contributed by atoms with Crippen LogP contribution in [0.25, 0.3) is 22.4 Å². The summed E-state index contributed by atoms with van der Waals surface area (Å²) in [7, 11) is 0. The van der Waals surface area contributed by atoms with Crippen LogP contribution in [-0.2, 0) is 6.54 Å². The molecular formula is C18H20N4O. The fourth-order valence-corrected chi connectivity index (χ4v) is 3.34. The summed E-state index contributed by atoms with van der Waals surface area (Å²) in [5.74, 6) is 0. The van der Waals surface area contributed by atoms with E-state index < -0.39 is 0 Å². The maximum absolute atomic E-state index is 9.46. The minimum atomic E-state index is 0.245. The van der Waals surface area contributed by atoms with Gasteiger partial charge in [-0.3, -0.25) is 4.90 Å². The van der Waals surface area contributed by atoms with Gasteiger partial charge in [-0.1, -0.05) is 18.2 Å². The minimum absolute atomic E-state index is 0.245. The molecule has 0 saturated carbocycles. The van der Waals surface area contributed by atoms with Gasteiger partial charge in [0.15, 0.2) is 5.65 Å². The largest absolute Gasteiger partial charge is 0.395 e. The summed E-state index contributed by atoms with van der Waals surface area (Å²) in [6.45, 7) is 2.18. The van der Waals surface area contributed by atoms with Crippen molar-refractivity contribution in [2.45, 2.75) is 25.4 Å². The van der Waals surface area contributed by atoms with Crippen LogP contribution in [0.2, 0.25) is 0 Å². The molecule has 23 heavy (non-hydrogen) atoms. The van der Waals surface area contributed by atoms with Crippen LogP contribution in [0.5, 0.6) is 0 Å². The van der Waals surface area contributed by atoms with Crippen molar-refractivity contribution in [1.82, 2.24) is 19.9 Å². The van der Waals surface area contributed by atoms with Crippen molar-refractivity contribution in [2.75, 3.05) is 13.2 Å². The molecule has 4 rings (SSSR count). The summed E-state index contributed by atoms with van der Waals surface area (Å²) >= 11 is 0. The lowest BCUT2D eigenvalue weighted by atomic mass is 10.1. The Labute approximate surface area is 135 Å². The monoisotopic (exact) mass is 308 g/mol. The smallest absolute Gasteiger partial charge is 0.156 e. The lowest BCUT2D eigenvalue weighted by Gasteiger charge is -2.22. The number of nitrogens with zero attached hydrogens (tertiary/aromatic N) is 3. The van der Waals surface area contributed by atoms with Gasteiger partial charge in [-0.15, -0.1) is 0 Å². The zero-order valence-corrected chi connectivity index (χ0v) is 12.9. The molecule has 0 radical (unpaired) electrons. The van der Waals surface area contributed by atoms with Crippen molar-refractivity contribution in [1.29, 1.82) is 0 Å². The van der Waals surface area contributed by atoms with E-state index in [9.17, 15) is 5.11 Å². The van der Waals surface area contributed by atoms with Crippen LogP contribution in [0, 0.1) is 0 Å². The molecule has 3 aromatic rings. The number of H-pyrrole nitrogens is 1. The zero-order chi connectivity index (χ0) is 15.6. The fourth-order valence-electron chi connectivity index (χ4n) is 3.34. The molecule has 0 spiro atoms. The van der Waals surface area contributed by atoms with Gasteiger partial charge in [0.2, 0.25) is 0 Å². The third-order valence-corrected chi connectivity index (χ3v) is 4.58. The normalized spacial score (nSPS) is 18.7. The van der Waals surface area contributed by atoms with Crippen molar-refractivity contribution >= 4 is 11.2 Å². The zero-order valence-electron chi connectivity index (χ0n) is 12.9. The van der Waals surface area contributed by atoms with Gasteiger partial charge in [-0.25, -0.2) is 9.97 Å². The van der Waals surface area contributed by atoms with Gasteiger partial charge in [-0.05, 0) is 37.1 Å². The molecule has 5 heteroatoms. The predicted octanol–water partition coefficient (Wildman–Crippen LogP) is 2.58. The summed E-state index contributed by atoms with van der Waals surface area (Å²) in [5.41, 5.74) is 4.91. The quantitative estimate of drug-likeness (QED) is 0.777. The van der Waals surface area contributed by atoms with Crippen molar-refractivity contribution in [3.8, 4) is 11.3 Å². The number of benzene rings is 1. The molecule has 0 unspecified atom stereocenters. The van der Waals surface area contributed by atoms with E-state index in [-0.39, 0.29) is 6.61 Å². The van der Waals surface area contributed by atoms with E-state index in [1.165, 1.54) is 12.0 Å². The van der Waals surface area contributed by atoms with E-state index >= 15 is 0 Å². The van der Waals surface area contributed by atoms with Gasteiger partial charge in [0.25, 0.3) is 0 Å². The van der Waals surface area contributed by atoms with Gasteiger partial charge >= 0.3 is 0 Å². The predicted molar refractivity (Wildman–Crippen MR) is 89.8 cm³/mol. The SMILES string of the molecule is OC[C@@H]1CCCN1Cc1cccc(-c2cnc3[nH]ccc3n2)c1. The number of fused-ring (bicyclic) bond motifs is 1. The molecule has 1 aliphatic rings. The number of aliphatic hydroxyl groups excluding tert-OH is 1. The number of likely N-dealkylation sites (tertiary alicyclic amines) is 1. The van der Waals surface area contributed by atoms with Crippen LogP contribution < -0.4 is 0 Å². The highest BCUT2D eigenvalue weighted by molar-refractivity contribution is 5.74. The van der Waals surface area contributed by atoms with E-state index in [1.54, 1.807) is 0 Å². The highest BCUT2D eigenvalue weighted by Crippen LogP contribution is 2.23. The van der Waals surface area contributed by atoms with Crippen LogP contribution in [-0.4, -0.2) is 44.2 Å². The maximum atomic E-state index is 9.46. The number of hydrogen-bond acceptors (Lipinski definition) is 4. The minimum Gasteiger partial charge on any atom is -0.395 e. The highest BCUT2D eigenvalue weighted by Gasteiger charge is 2.23. The average molecular weight is 308 g/mol. The second kappa shape index (κ2) is 6.10. The third-order valence-electron chi connectivity index (χ3n) is 4.58. The molecule has 5 nitrogen and oxygen atoms in total. The number of aromatic amines is 1. The summed E-state index contributed by atoms with van der Waals surface area (Å²) in [5, 5.41) is 9.46. The first-order chi connectivity index (χ1) is 11.3. The standard InChI is InChI=1S/C18H20N4O/c23-12-15-5-2-8-22(15)11-13-3-1-4-14(9-13)17-10-20-18-16(21-17)6-7-19-18/h1,3-4,6-7,9-10,15,23H,2,5,8,11-12H2,(H,19,20)/t15-/m0/s1. The molecule has 0 bridgehead atoms. The number of rotatable bonds is 4. The van der Waals surface area contributed by atoms with Crippen LogP contribution in [0.4, 0.5) is 0 Å². The topological polar surface area (TPSA) is 65.0 Å². The Hall–Kier alpha value is -2.24. The highest BCUT2D eigenvalue weighted by atomic mass is 16.3. The molecule has 1 aromatic carbocycles. The molecule has 1 saturated heterocycles. The van der Waals surface area contributed by atoms with Crippen LogP contribution in [0.1, 0.15) is 18.4 Å². The Morgan fingerprint density at radius 3 is 3.17 bits per heavy atom. The lowest BCUT2D eigenvalue weighted by molar-refractivity contribution is 0.153. The van der Waals surface area contributed by atoms with Crippen molar-refractivity contribution in [3.05, 3.63) is 48.3 Å². The Kier molecular flexibility index (Phi) is 3.81. The Morgan fingerprint density at radius 1 is 1.30 bits per heavy atom. The average Bonchev–Trinajstić information content (AvgIpc) is 3.23. The van der Waals surface area contributed by atoms with Crippen LogP contribution in [0.3, 0.4) is 0 Å². The maximum Gasteiger partial charge on any atom is 0.156 e. The van der Waals surface area contributed by atoms with Crippen molar-refractivity contribution in [2.24, 2.45) is 0 Å². The molecule has 0 aliphatic carbocycles. The second-order valence-electron chi connectivity index (χ2n) is 6.12. The van der Waals surface area contributed by atoms with Gasteiger partial charge < -0.3 is 10.1 Å². The molecule has 1 aliphatic heterocycles. The molecule has 2 N–H and O–H groups in total. The number of aromatic nitrogens is 3. The van der Waals surface area contributed by atoms with E-state index in [2.05, 4.69) is 44.1 Å². The summed E-state index contributed by atoms with van der Waals surface area (Å²) in [4.78, 5) is 14.5. The summed E-state index contributed by atoms with van der Waals surface area (Å²) in [6, 6.07) is 10.7. The summed E-state index contributed by atoms with van der Waals surface area (Å²) in [6.07, 6.45) is 5.92. The van der Waals surface area contributed by atoms with E-state index in [0.29, 0.717) is 6.04 Å². The van der Waals surface area contributed by atoms with Crippen molar-refractivity contribution < 1.29 is 5.11 Å². The Bertz CT molecular complexity index is 813. The van der Waals surface area contributed by atoms with Crippen LogP contribution in [0.15, 0.2) is 42.7 Å². The molecule has 1 atom stereocenters.